The predicted octanol–water partition coefficient (Wildman–Crippen LogP) is 3.75. The predicted molar refractivity (Wildman–Crippen MR) is 75.4 cm³/mol. The molecule has 2 aromatic carbocycles. The summed E-state index contributed by atoms with van der Waals surface area (Å²) in [4.78, 5) is 12.1. The Labute approximate surface area is 111 Å². The molecular formula is C16H13NO2. The molecule has 1 N–H and O–H groups in total. The number of aryl methyl sites for hydroxylation is 1. The third-order valence-electron chi connectivity index (χ3n) is 3.09. The highest BCUT2D eigenvalue weighted by Gasteiger charge is 2.20. The molecule has 3 heteroatoms. The van der Waals surface area contributed by atoms with Crippen molar-refractivity contribution in [3.8, 4) is 11.5 Å². The van der Waals surface area contributed by atoms with Crippen molar-refractivity contribution in [2.75, 3.05) is 5.32 Å². The minimum absolute atomic E-state index is 0.206. The Morgan fingerprint density at radius 2 is 1.89 bits per heavy atom. The number of hydrogen-bond donors (Lipinski definition) is 1. The minimum atomic E-state index is -0.206. The fraction of sp³-hybridized carbons (Fsp3) is 0.0625. The van der Waals surface area contributed by atoms with Crippen LogP contribution in [0.1, 0.15) is 11.1 Å². The molecule has 0 aromatic heterocycles. The van der Waals surface area contributed by atoms with Crippen LogP contribution in [0.5, 0.6) is 11.5 Å². The van der Waals surface area contributed by atoms with E-state index in [4.69, 9.17) is 4.74 Å². The van der Waals surface area contributed by atoms with Crippen LogP contribution in [0.15, 0.2) is 49.0 Å². The van der Waals surface area contributed by atoms with Crippen LogP contribution in [0.4, 0.5) is 5.69 Å². The van der Waals surface area contributed by atoms with Crippen molar-refractivity contribution in [1.29, 1.82) is 0 Å². The van der Waals surface area contributed by atoms with Crippen LogP contribution in [0, 0.1) is 6.92 Å². The fourth-order valence-electron chi connectivity index (χ4n) is 2.07. The van der Waals surface area contributed by atoms with Crippen LogP contribution in [0.25, 0.3) is 5.57 Å². The topological polar surface area (TPSA) is 38.3 Å². The van der Waals surface area contributed by atoms with Gasteiger partial charge in [0.2, 0.25) is 0 Å². The molecule has 1 heterocycles. The van der Waals surface area contributed by atoms with Gasteiger partial charge in [-0.2, -0.15) is 0 Å². The van der Waals surface area contributed by atoms with Gasteiger partial charge in [-0.3, -0.25) is 4.79 Å². The van der Waals surface area contributed by atoms with E-state index in [2.05, 4.69) is 11.9 Å². The van der Waals surface area contributed by atoms with E-state index in [-0.39, 0.29) is 5.91 Å². The molecule has 0 saturated heterocycles. The zero-order valence-corrected chi connectivity index (χ0v) is 10.6. The summed E-state index contributed by atoms with van der Waals surface area (Å²) in [7, 11) is 0. The van der Waals surface area contributed by atoms with E-state index in [1.54, 1.807) is 6.07 Å². The van der Waals surface area contributed by atoms with Crippen molar-refractivity contribution < 1.29 is 9.53 Å². The van der Waals surface area contributed by atoms with Gasteiger partial charge >= 0.3 is 0 Å². The molecule has 1 aliphatic rings. The van der Waals surface area contributed by atoms with Gasteiger partial charge in [-0.15, -0.1) is 0 Å². The summed E-state index contributed by atoms with van der Waals surface area (Å²) in [6.07, 6.45) is 0. The van der Waals surface area contributed by atoms with E-state index in [0.29, 0.717) is 22.8 Å². The Morgan fingerprint density at radius 1 is 1.11 bits per heavy atom. The van der Waals surface area contributed by atoms with Crippen molar-refractivity contribution in [2.45, 2.75) is 6.92 Å². The molecule has 0 aliphatic carbocycles. The summed E-state index contributed by atoms with van der Waals surface area (Å²) in [5, 5.41) is 2.81. The number of fused-ring (bicyclic) bond motifs is 2. The SMILES string of the molecule is C=C1C(=O)Nc2ccccc2Oc2ccc(C)cc21. The highest BCUT2D eigenvalue weighted by atomic mass is 16.5. The molecule has 0 atom stereocenters. The van der Waals surface area contributed by atoms with E-state index in [1.807, 2.05) is 43.3 Å². The minimum Gasteiger partial charge on any atom is -0.455 e. The number of para-hydroxylation sites is 2. The summed E-state index contributed by atoms with van der Waals surface area (Å²) in [6, 6.07) is 13.1. The van der Waals surface area contributed by atoms with Gasteiger partial charge < -0.3 is 10.1 Å². The summed E-state index contributed by atoms with van der Waals surface area (Å²) in [5.41, 5.74) is 2.85. The van der Waals surface area contributed by atoms with E-state index in [0.717, 1.165) is 11.1 Å². The number of rotatable bonds is 0. The monoisotopic (exact) mass is 251 g/mol. The first-order chi connectivity index (χ1) is 9.15. The van der Waals surface area contributed by atoms with Crippen molar-refractivity contribution >= 4 is 17.2 Å². The maximum absolute atomic E-state index is 12.1. The van der Waals surface area contributed by atoms with Crippen LogP contribution >= 0.6 is 0 Å². The van der Waals surface area contributed by atoms with Crippen LogP contribution in [0.2, 0.25) is 0 Å². The fourth-order valence-corrected chi connectivity index (χ4v) is 2.07. The second kappa shape index (κ2) is 4.28. The summed E-state index contributed by atoms with van der Waals surface area (Å²) in [5.74, 6) is 1.08. The average Bonchev–Trinajstić information content (AvgIpc) is 2.41. The van der Waals surface area contributed by atoms with Gasteiger partial charge in [0, 0.05) is 11.1 Å². The highest BCUT2D eigenvalue weighted by molar-refractivity contribution is 6.25. The van der Waals surface area contributed by atoms with Crippen molar-refractivity contribution in [3.05, 3.63) is 60.2 Å². The molecule has 94 valence electrons. The number of anilines is 1. The van der Waals surface area contributed by atoms with E-state index in [1.165, 1.54) is 0 Å². The van der Waals surface area contributed by atoms with E-state index >= 15 is 0 Å². The molecule has 0 spiro atoms. The Kier molecular flexibility index (Phi) is 2.60. The van der Waals surface area contributed by atoms with Gasteiger partial charge in [0.1, 0.15) is 5.75 Å². The molecule has 3 nitrogen and oxygen atoms in total. The van der Waals surface area contributed by atoms with E-state index < -0.39 is 0 Å². The molecule has 0 radical (unpaired) electrons. The molecule has 2 aromatic rings. The second-order valence-corrected chi connectivity index (χ2v) is 4.53. The number of amides is 1. The van der Waals surface area contributed by atoms with Gasteiger partial charge in [0.15, 0.2) is 5.75 Å². The number of carbonyl (C=O) groups excluding carboxylic acids is 1. The first-order valence-electron chi connectivity index (χ1n) is 6.03. The maximum Gasteiger partial charge on any atom is 0.255 e. The van der Waals surface area contributed by atoms with Gasteiger partial charge in [-0.25, -0.2) is 0 Å². The zero-order chi connectivity index (χ0) is 13.4. The van der Waals surface area contributed by atoms with Crippen LogP contribution < -0.4 is 10.1 Å². The van der Waals surface area contributed by atoms with Crippen LogP contribution in [-0.4, -0.2) is 5.91 Å². The zero-order valence-electron chi connectivity index (χ0n) is 10.6. The van der Waals surface area contributed by atoms with Crippen LogP contribution in [-0.2, 0) is 4.79 Å². The largest absolute Gasteiger partial charge is 0.455 e. The number of benzene rings is 2. The Morgan fingerprint density at radius 3 is 2.74 bits per heavy atom. The smallest absolute Gasteiger partial charge is 0.255 e. The third-order valence-corrected chi connectivity index (χ3v) is 3.09. The molecule has 3 rings (SSSR count). The van der Waals surface area contributed by atoms with E-state index in [9.17, 15) is 4.79 Å². The quantitative estimate of drug-likeness (QED) is 0.724. The lowest BCUT2D eigenvalue weighted by Crippen LogP contribution is -2.16. The molecule has 19 heavy (non-hydrogen) atoms. The standard InChI is InChI=1S/C16H13NO2/c1-10-7-8-14-12(9-10)11(2)16(18)17-13-5-3-4-6-15(13)19-14/h3-9H,2H2,1H3,(H,17,18). The molecule has 0 fully saturated rings. The molecular weight excluding hydrogens is 238 g/mol. The van der Waals surface area contributed by atoms with Crippen molar-refractivity contribution in [3.63, 3.8) is 0 Å². The Balaban J connectivity index is 2.20. The van der Waals surface area contributed by atoms with Crippen LogP contribution in [0.3, 0.4) is 0 Å². The number of carbonyl (C=O) groups is 1. The lowest BCUT2D eigenvalue weighted by atomic mass is 10.0. The van der Waals surface area contributed by atoms with Gasteiger partial charge in [0.05, 0.1) is 5.69 Å². The Hall–Kier alpha value is -2.55. The molecule has 0 bridgehead atoms. The molecule has 1 amide bonds. The second-order valence-electron chi connectivity index (χ2n) is 4.53. The number of hydrogen-bond acceptors (Lipinski definition) is 2. The maximum atomic E-state index is 12.1. The molecule has 0 saturated carbocycles. The summed E-state index contributed by atoms with van der Waals surface area (Å²) in [6.45, 7) is 5.83. The summed E-state index contributed by atoms with van der Waals surface area (Å²) < 4.78 is 5.88. The average molecular weight is 251 g/mol. The van der Waals surface area contributed by atoms with Gasteiger partial charge in [-0.05, 0) is 31.2 Å². The Bertz CT molecular complexity index is 689. The van der Waals surface area contributed by atoms with Crippen molar-refractivity contribution in [2.24, 2.45) is 0 Å². The van der Waals surface area contributed by atoms with Crippen molar-refractivity contribution in [1.82, 2.24) is 0 Å². The first kappa shape index (κ1) is 11.5. The number of ether oxygens (including phenoxy) is 1. The van der Waals surface area contributed by atoms with Gasteiger partial charge in [0.25, 0.3) is 5.91 Å². The first-order valence-corrected chi connectivity index (χ1v) is 6.03. The number of nitrogens with one attached hydrogen (secondary N) is 1. The normalized spacial score (nSPS) is 13.5. The molecule has 1 aliphatic heterocycles. The lowest BCUT2D eigenvalue weighted by molar-refractivity contribution is -0.111. The summed E-state index contributed by atoms with van der Waals surface area (Å²) >= 11 is 0. The highest BCUT2D eigenvalue weighted by Crippen LogP contribution is 2.37. The third kappa shape index (κ3) is 1.99. The van der Waals surface area contributed by atoms with Gasteiger partial charge in [-0.1, -0.05) is 30.3 Å². The molecule has 0 unspecified atom stereocenters. The lowest BCUT2D eigenvalue weighted by Gasteiger charge is -2.19.